The van der Waals surface area contributed by atoms with Crippen molar-refractivity contribution in [2.75, 3.05) is 0 Å². The highest BCUT2D eigenvalue weighted by atomic mass is 15.5. The van der Waals surface area contributed by atoms with E-state index < -0.39 is 0 Å². The maximum absolute atomic E-state index is 3.69. The van der Waals surface area contributed by atoms with Gasteiger partial charge in [-0.05, 0) is 0 Å². The highest BCUT2D eigenvalue weighted by Crippen LogP contribution is 1.88. The minimum absolute atomic E-state index is 1.06. The van der Waals surface area contributed by atoms with Gasteiger partial charge < -0.3 is 0 Å². The Kier molecular flexibility index (Phi) is 0.381. The van der Waals surface area contributed by atoms with Crippen molar-refractivity contribution in [3.05, 3.63) is 0 Å². The van der Waals surface area contributed by atoms with Crippen molar-refractivity contribution in [2.24, 2.45) is 5.10 Å². The zero-order valence-corrected chi connectivity index (χ0v) is 3.15. The summed E-state index contributed by atoms with van der Waals surface area (Å²) in [6.07, 6.45) is 1.06. The monoisotopic (exact) mass is 70.1 g/mol. The lowest BCUT2D eigenvalue weighted by atomic mass is 10.5. The highest BCUT2D eigenvalue weighted by molar-refractivity contribution is 5.90. The van der Waals surface area contributed by atoms with E-state index in [1.54, 1.807) is 0 Å². The number of hydrogen-bond acceptors (Lipinski definition) is 2. The van der Waals surface area contributed by atoms with Crippen LogP contribution in [0.15, 0.2) is 5.10 Å². The molecule has 28 valence electrons. The van der Waals surface area contributed by atoms with Gasteiger partial charge in [-0.2, -0.15) is 5.10 Å². The number of hydrogen-bond donors (Lipinski definition) is 1. The van der Waals surface area contributed by atoms with E-state index in [4.69, 9.17) is 0 Å². The summed E-state index contributed by atoms with van der Waals surface area (Å²) in [5.41, 5.74) is 2.73. The average molecular weight is 70.1 g/mol. The molecule has 5 heavy (non-hydrogen) atoms. The molecule has 0 bridgehead atoms. The molecular weight excluding hydrogens is 64.0 g/mol. The Balaban J connectivity index is 2.22. The molecule has 2 heteroatoms. The molecule has 0 aromatic rings. The molecular formula is C3H6N2. The minimum atomic E-state index is 1.06. The van der Waals surface area contributed by atoms with E-state index in [1.807, 2.05) is 0 Å². The summed E-state index contributed by atoms with van der Waals surface area (Å²) in [5.74, 6) is 1.13. The van der Waals surface area contributed by atoms with Gasteiger partial charge in [0.25, 0.3) is 0 Å². The maximum Gasteiger partial charge on any atom is 0.142 e. The van der Waals surface area contributed by atoms with E-state index >= 15 is 0 Å². The lowest BCUT2D eigenvalue weighted by Gasteiger charge is -1.62. The van der Waals surface area contributed by atoms with Gasteiger partial charge in [0.2, 0.25) is 0 Å². The third-order valence-corrected chi connectivity index (χ3v) is 0.605. The van der Waals surface area contributed by atoms with Crippen LogP contribution in [0.1, 0.15) is 13.3 Å². The van der Waals surface area contributed by atoms with Crippen molar-refractivity contribution in [2.45, 2.75) is 13.3 Å². The summed E-state index contributed by atoms with van der Waals surface area (Å²) in [4.78, 5) is 0. The lowest BCUT2D eigenvalue weighted by Crippen LogP contribution is -1.85. The van der Waals surface area contributed by atoms with Gasteiger partial charge in [-0.25, -0.2) is 0 Å². The fraction of sp³-hybridized carbons (Fsp3) is 0.667. The molecule has 2 nitrogen and oxygen atoms in total. The Morgan fingerprint density at radius 1 is 2.00 bits per heavy atom. The van der Waals surface area contributed by atoms with E-state index in [2.05, 4.69) is 17.5 Å². The highest BCUT2D eigenvalue weighted by Gasteiger charge is 2.01. The minimum Gasteiger partial charge on any atom is -0.262 e. The van der Waals surface area contributed by atoms with Gasteiger partial charge in [-0.15, -0.1) is 0 Å². The summed E-state index contributed by atoms with van der Waals surface area (Å²) >= 11 is 0. The largest absolute Gasteiger partial charge is 0.262 e. The van der Waals surface area contributed by atoms with Crippen LogP contribution < -0.4 is 5.43 Å². The summed E-state index contributed by atoms with van der Waals surface area (Å²) in [6, 6.07) is 0. The predicted octanol–water partition coefficient (Wildman–Crippen LogP) is 0.313. The molecule has 0 aromatic heterocycles. The summed E-state index contributed by atoms with van der Waals surface area (Å²) in [7, 11) is 0. The van der Waals surface area contributed by atoms with Gasteiger partial charge in [-0.3, -0.25) is 5.43 Å². The SMILES string of the molecule is CCC1=NN1. The van der Waals surface area contributed by atoms with Gasteiger partial charge in [0.15, 0.2) is 0 Å². The van der Waals surface area contributed by atoms with E-state index in [0.717, 1.165) is 12.3 Å². The van der Waals surface area contributed by atoms with E-state index in [0.29, 0.717) is 0 Å². The smallest absolute Gasteiger partial charge is 0.142 e. The zero-order chi connectivity index (χ0) is 3.70. The molecule has 1 rings (SSSR count). The molecule has 1 aliphatic heterocycles. The van der Waals surface area contributed by atoms with Crippen LogP contribution in [-0.4, -0.2) is 5.84 Å². The van der Waals surface area contributed by atoms with E-state index in [1.165, 1.54) is 0 Å². The lowest BCUT2D eigenvalue weighted by molar-refractivity contribution is 1.22. The second kappa shape index (κ2) is 0.708. The van der Waals surface area contributed by atoms with Crippen LogP contribution in [-0.2, 0) is 0 Å². The molecule has 0 fully saturated rings. The topological polar surface area (TPSA) is 34.3 Å². The summed E-state index contributed by atoms with van der Waals surface area (Å²) < 4.78 is 0. The van der Waals surface area contributed by atoms with Gasteiger partial charge in [-0.1, -0.05) is 6.92 Å². The predicted molar refractivity (Wildman–Crippen MR) is 20.9 cm³/mol. The van der Waals surface area contributed by atoms with Crippen LogP contribution in [0.3, 0.4) is 0 Å². The molecule has 0 spiro atoms. The molecule has 1 aliphatic rings. The molecule has 0 atom stereocenters. The van der Waals surface area contributed by atoms with Crippen LogP contribution in [0.4, 0.5) is 0 Å². The molecule has 0 aliphatic carbocycles. The first kappa shape index (κ1) is 2.69. The Hall–Kier alpha value is -0.530. The Labute approximate surface area is 30.9 Å². The molecule has 0 saturated heterocycles. The number of amidine groups is 1. The first-order chi connectivity index (χ1) is 2.43. The van der Waals surface area contributed by atoms with Crippen molar-refractivity contribution in [1.29, 1.82) is 0 Å². The first-order valence-corrected chi connectivity index (χ1v) is 1.76. The third-order valence-electron chi connectivity index (χ3n) is 0.605. The number of hydrazone groups is 1. The zero-order valence-electron chi connectivity index (χ0n) is 3.15. The normalized spacial score (nSPS) is 16.6. The molecule has 1 N–H and O–H groups in total. The van der Waals surface area contributed by atoms with Crippen LogP contribution in [0.2, 0.25) is 0 Å². The summed E-state index contributed by atoms with van der Waals surface area (Å²) in [5, 5.41) is 3.69. The fourth-order valence-corrected chi connectivity index (χ4v) is 0.198. The van der Waals surface area contributed by atoms with Crippen molar-refractivity contribution in [3.8, 4) is 0 Å². The fourth-order valence-electron chi connectivity index (χ4n) is 0.198. The Morgan fingerprint density at radius 3 is 2.60 bits per heavy atom. The van der Waals surface area contributed by atoms with E-state index in [9.17, 15) is 0 Å². The van der Waals surface area contributed by atoms with E-state index in [-0.39, 0.29) is 0 Å². The third kappa shape index (κ3) is 0.375. The number of nitrogens with zero attached hydrogens (tertiary/aromatic N) is 1. The molecule has 1 heterocycles. The quantitative estimate of drug-likeness (QED) is 0.473. The van der Waals surface area contributed by atoms with Crippen molar-refractivity contribution >= 4 is 5.84 Å². The van der Waals surface area contributed by atoms with Crippen molar-refractivity contribution in [1.82, 2.24) is 5.43 Å². The second-order valence-corrected chi connectivity index (χ2v) is 1.02. The molecule has 0 radical (unpaired) electrons. The van der Waals surface area contributed by atoms with Gasteiger partial charge in [0, 0.05) is 6.42 Å². The molecule has 0 unspecified atom stereocenters. The molecule has 0 aromatic carbocycles. The van der Waals surface area contributed by atoms with Crippen LogP contribution in [0, 0.1) is 0 Å². The van der Waals surface area contributed by atoms with Crippen LogP contribution in [0.25, 0.3) is 0 Å². The standard InChI is InChI=1S/C3H6N2/c1-2-3-4-5-3/h2H2,1H3,(H,4,5). The van der Waals surface area contributed by atoms with Gasteiger partial charge in [0.05, 0.1) is 0 Å². The van der Waals surface area contributed by atoms with Crippen LogP contribution in [0.5, 0.6) is 0 Å². The number of nitrogens with one attached hydrogen (secondary N) is 1. The second-order valence-electron chi connectivity index (χ2n) is 1.02. The van der Waals surface area contributed by atoms with Gasteiger partial charge >= 0.3 is 0 Å². The number of rotatable bonds is 1. The Bertz CT molecular complexity index is 65.3. The van der Waals surface area contributed by atoms with Crippen LogP contribution >= 0.6 is 0 Å². The first-order valence-electron chi connectivity index (χ1n) is 1.76. The van der Waals surface area contributed by atoms with Gasteiger partial charge in [0.1, 0.15) is 5.84 Å². The van der Waals surface area contributed by atoms with Crippen molar-refractivity contribution < 1.29 is 0 Å². The molecule has 0 saturated carbocycles. The maximum atomic E-state index is 3.69. The Morgan fingerprint density at radius 2 is 2.60 bits per heavy atom. The summed E-state index contributed by atoms with van der Waals surface area (Å²) in [6.45, 7) is 2.07. The molecule has 0 amide bonds. The average Bonchev–Trinajstić information content (AvgIpc) is 2.12. The van der Waals surface area contributed by atoms with Crippen molar-refractivity contribution in [3.63, 3.8) is 0 Å².